The molecule has 0 radical (unpaired) electrons. The highest BCUT2D eigenvalue weighted by Crippen LogP contribution is 2.33. The predicted octanol–water partition coefficient (Wildman–Crippen LogP) is 2.41. The third kappa shape index (κ3) is 3.07. The molecule has 0 aromatic heterocycles. The van der Waals surface area contributed by atoms with E-state index >= 15 is 0 Å². The van der Waals surface area contributed by atoms with Crippen molar-refractivity contribution >= 4 is 5.69 Å². The molecule has 1 N–H and O–H groups in total. The Morgan fingerprint density at radius 1 is 1.47 bits per heavy atom. The fourth-order valence-corrected chi connectivity index (χ4v) is 2.95. The molecule has 0 saturated carbocycles. The zero-order chi connectivity index (χ0) is 14.0. The van der Waals surface area contributed by atoms with E-state index in [1.165, 1.54) is 6.07 Å². The van der Waals surface area contributed by atoms with Crippen molar-refractivity contribution in [2.75, 3.05) is 32.1 Å². The van der Waals surface area contributed by atoms with Crippen LogP contribution in [0, 0.1) is 5.82 Å². The molecule has 1 aromatic rings. The number of nitrogens with zero attached hydrogens (tertiary/aromatic N) is 2. The first-order valence-electron chi connectivity index (χ1n) is 6.88. The zero-order valence-electron chi connectivity index (χ0n) is 11.9. The summed E-state index contributed by atoms with van der Waals surface area (Å²) in [4.78, 5) is 4.40. The molecule has 0 bridgehead atoms. The summed E-state index contributed by atoms with van der Waals surface area (Å²) in [5.41, 5.74) is 1.27. The predicted molar refractivity (Wildman–Crippen MR) is 76.0 cm³/mol. The number of halogens is 1. The van der Waals surface area contributed by atoms with Gasteiger partial charge in [-0.1, -0.05) is 6.07 Å². The van der Waals surface area contributed by atoms with Crippen molar-refractivity contribution in [1.82, 2.24) is 4.90 Å². The van der Waals surface area contributed by atoms with E-state index in [2.05, 4.69) is 23.9 Å². The molecule has 4 heteroatoms. The van der Waals surface area contributed by atoms with Gasteiger partial charge in [-0.15, -0.1) is 0 Å². The molecular formula is C15H23FN2O. The second kappa shape index (κ2) is 5.88. The standard InChI is InChI=1S/C15H23FN2O/c1-11(19)15-13(16)7-4-8-14(15)18-9-5-6-12(18)10-17(2)3/h4,7-8,11-12,19H,5-6,9-10H2,1-3H3. The third-order valence-electron chi connectivity index (χ3n) is 3.71. The maximum absolute atomic E-state index is 13.9. The molecule has 3 nitrogen and oxygen atoms in total. The van der Waals surface area contributed by atoms with Crippen molar-refractivity contribution in [1.29, 1.82) is 0 Å². The van der Waals surface area contributed by atoms with Crippen LogP contribution in [0.2, 0.25) is 0 Å². The van der Waals surface area contributed by atoms with E-state index in [9.17, 15) is 9.50 Å². The Labute approximate surface area is 114 Å². The lowest BCUT2D eigenvalue weighted by molar-refractivity contribution is 0.194. The van der Waals surface area contributed by atoms with Crippen molar-refractivity contribution < 1.29 is 9.50 Å². The lowest BCUT2D eigenvalue weighted by Gasteiger charge is -2.31. The zero-order valence-corrected chi connectivity index (χ0v) is 11.9. The number of rotatable bonds is 4. The summed E-state index contributed by atoms with van der Waals surface area (Å²) < 4.78 is 13.9. The second-order valence-corrected chi connectivity index (χ2v) is 5.60. The molecule has 1 aliphatic heterocycles. The van der Waals surface area contributed by atoms with Gasteiger partial charge in [0.05, 0.1) is 6.10 Å². The largest absolute Gasteiger partial charge is 0.389 e. The van der Waals surface area contributed by atoms with Crippen molar-refractivity contribution in [3.8, 4) is 0 Å². The van der Waals surface area contributed by atoms with Crippen LogP contribution in [0.5, 0.6) is 0 Å². The molecule has 2 rings (SSSR count). The van der Waals surface area contributed by atoms with Gasteiger partial charge in [-0.05, 0) is 46.0 Å². The fraction of sp³-hybridized carbons (Fsp3) is 0.600. The van der Waals surface area contributed by atoms with Crippen LogP contribution in [0.3, 0.4) is 0 Å². The second-order valence-electron chi connectivity index (χ2n) is 5.60. The van der Waals surface area contributed by atoms with Gasteiger partial charge in [0.1, 0.15) is 5.82 Å². The number of hydrogen-bond donors (Lipinski definition) is 1. The Balaban J connectivity index is 2.32. The van der Waals surface area contributed by atoms with E-state index in [1.54, 1.807) is 13.0 Å². The highest BCUT2D eigenvalue weighted by Gasteiger charge is 2.28. The summed E-state index contributed by atoms with van der Waals surface area (Å²) in [7, 11) is 4.11. The SMILES string of the molecule is CC(O)c1c(F)cccc1N1CCCC1CN(C)C. The lowest BCUT2D eigenvalue weighted by Crippen LogP contribution is -2.38. The molecule has 1 fully saturated rings. The van der Waals surface area contributed by atoms with Gasteiger partial charge in [0, 0.05) is 30.4 Å². The summed E-state index contributed by atoms with van der Waals surface area (Å²) in [5.74, 6) is -0.317. The number of likely N-dealkylation sites (N-methyl/N-ethyl adjacent to an activating group) is 1. The van der Waals surface area contributed by atoms with Gasteiger partial charge >= 0.3 is 0 Å². The van der Waals surface area contributed by atoms with Crippen LogP contribution in [0.1, 0.15) is 31.4 Å². The minimum atomic E-state index is -0.781. The molecule has 19 heavy (non-hydrogen) atoms. The Morgan fingerprint density at radius 2 is 2.21 bits per heavy atom. The van der Waals surface area contributed by atoms with Gasteiger partial charge < -0.3 is 14.9 Å². The quantitative estimate of drug-likeness (QED) is 0.906. The lowest BCUT2D eigenvalue weighted by atomic mass is 10.1. The molecule has 0 aliphatic carbocycles. The molecule has 2 atom stereocenters. The summed E-state index contributed by atoms with van der Waals surface area (Å²) >= 11 is 0. The van der Waals surface area contributed by atoms with E-state index in [0.717, 1.165) is 31.6 Å². The van der Waals surface area contributed by atoms with E-state index in [1.807, 2.05) is 6.07 Å². The van der Waals surface area contributed by atoms with Gasteiger partial charge in [-0.3, -0.25) is 0 Å². The topological polar surface area (TPSA) is 26.7 Å². The van der Waals surface area contributed by atoms with Crippen LogP contribution in [0.4, 0.5) is 10.1 Å². The Morgan fingerprint density at radius 3 is 2.84 bits per heavy atom. The smallest absolute Gasteiger partial charge is 0.131 e. The summed E-state index contributed by atoms with van der Waals surface area (Å²) in [5, 5.41) is 9.84. The van der Waals surface area contributed by atoms with Gasteiger partial charge in [0.2, 0.25) is 0 Å². The monoisotopic (exact) mass is 266 g/mol. The Hall–Kier alpha value is -1.13. The highest BCUT2D eigenvalue weighted by atomic mass is 19.1. The van der Waals surface area contributed by atoms with Gasteiger partial charge in [0.25, 0.3) is 0 Å². The first-order chi connectivity index (χ1) is 9.00. The van der Waals surface area contributed by atoms with Crippen molar-refractivity contribution in [2.24, 2.45) is 0 Å². The minimum Gasteiger partial charge on any atom is -0.389 e. The number of benzene rings is 1. The van der Waals surface area contributed by atoms with Crippen molar-refractivity contribution in [3.05, 3.63) is 29.6 Å². The van der Waals surface area contributed by atoms with Crippen molar-refractivity contribution in [3.63, 3.8) is 0 Å². The Kier molecular flexibility index (Phi) is 4.42. The number of hydrogen-bond acceptors (Lipinski definition) is 3. The highest BCUT2D eigenvalue weighted by molar-refractivity contribution is 5.56. The molecule has 106 valence electrons. The maximum atomic E-state index is 13.9. The van der Waals surface area contributed by atoms with Gasteiger partial charge in [-0.25, -0.2) is 4.39 Å². The average Bonchev–Trinajstić information content (AvgIpc) is 2.75. The first kappa shape index (κ1) is 14.3. The molecule has 1 saturated heterocycles. The maximum Gasteiger partial charge on any atom is 0.131 e. The molecular weight excluding hydrogens is 243 g/mol. The third-order valence-corrected chi connectivity index (χ3v) is 3.71. The molecule has 1 aromatic carbocycles. The van der Waals surface area contributed by atoms with Crippen LogP contribution in [-0.2, 0) is 0 Å². The van der Waals surface area contributed by atoms with E-state index in [0.29, 0.717) is 11.6 Å². The number of aliphatic hydroxyl groups is 1. The average molecular weight is 266 g/mol. The van der Waals surface area contributed by atoms with E-state index in [-0.39, 0.29) is 5.82 Å². The van der Waals surface area contributed by atoms with Gasteiger partial charge in [0.15, 0.2) is 0 Å². The molecule has 0 amide bonds. The molecule has 2 unspecified atom stereocenters. The van der Waals surface area contributed by atoms with Crippen LogP contribution in [-0.4, -0.2) is 43.2 Å². The first-order valence-corrected chi connectivity index (χ1v) is 6.88. The number of anilines is 1. The summed E-state index contributed by atoms with van der Waals surface area (Å²) in [6, 6.07) is 5.46. The Bertz CT molecular complexity index is 434. The number of aliphatic hydroxyl groups excluding tert-OH is 1. The fourth-order valence-electron chi connectivity index (χ4n) is 2.95. The summed E-state index contributed by atoms with van der Waals surface area (Å²) in [6.45, 7) is 3.51. The molecule has 0 spiro atoms. The minimum absolute atomic E-state index is 0.317. The van der Waals surface area contributed by atoms with Crippen LogP contribution < -0.4 is 4.90 Å². The molecule has 1 aliphatic rings. The van der Waals surface area contributed by atoms with Crippen molar-refractivity contribution in [2.45, 2.75) is 31.9 Å². The van der Waals surface area contributed by atoms with Gasteiger partial charge in [-0.2, -0.15) is 0 Å². The van der Waals surface area contributed by atoms with Crippen LogP contribution in [0.15, 0.2) is 18.2 Å². The van der Waals surface area contributed by atoms with Crippen LogP contribution >= 0.6 is 0 Å². The normalized spacial score (nSPS) is 21.2. The van der Waals surface area contributed by atoms with E-state index in [4.69, 9.17) is 0 Å². The summed E-state index contributed by atoms with van der Waals surface area (Å²) in [6.07, 6.45) is 1.46. The van der Waals surface area contributed by atoms with E-state index < -0.39 is 6.10 Å². The van der Waals surface area contributed by atoms with Crippen LogP contribution in [0.25, 0.3) is 0 Å². The molecule has 1 heterocycles.